The molecule has 114 valence electrons. The molecule has 4 aromatic rings. The molecule has 0 aliphatic heterocycles. The third-order valence-corrected chi connectivity index (χ3v) is 4.02. The maximum atomic E-state index is 5.97. The van der Waals surface area contributed by atoms with E-state index in [-0.39, 0.29) is 0 Å². The summed E-state index contributed by atoms with van der Waals surface area (Å²) in [7, 11) is 0. The molecule has 23 heavy (non-hydrogen) atoms. The third-order valence-electron chi connectivity index (χ3n) is 3.81. The Morgan fingerprint density at radius 2 is 1.74 bits per heavy atom. The highest BCUT2D eigenvalue weighted by molar-refractivity contribution is 6.29. The minimum atomic E-state index is 0.475. The van der Waals surface area contributed by atoms with Crippen LogP contribution in [0.25, 0.3) is 22.9 Å². The van der Waals surface area contributed by atoms with Crippen molar-refractivity contribution >= 4 is 17.2 Å². The predicted molar refractivity (Wildman–Crippen MR) is 90.0 cm³/mol. The van der Waals surface area contributed by atoms with Gasteiger partial charge in [-0.2, -0.15) is 4.98 Å². The Balaban J connectivity index is 1.84. The first-order chi connectivity index (χ1) is 11.1. The second kappa shape index (κ2) is 5.21. The third kappa shape index (κ3) is 2.39. The summed E-state index contributed by atoms with van der Waals surface area (Å²) in [5.74, 6) is 0.668. The number of fused-ring (bicyclic) bond motifs is 1. The number of hydrogen-bond donors (Lipinski definition) is 0. The van der Waals surface area contributed by atoms with Gasteiger partial charge in [0.15, 0.2) is 5.65 Å². The Kier molecular flexibility index (Phi) is 3.16. The lowest BCUT2D eigenvalue weighted by Gasteiger charge is -2.01. The Morgan fingerprint density at radius 3 is 2.48 bits per heavy atom. The highest BCUT2D eigenvalue weighted by Gasteiger charge is 2.11. The van der Waals surface area contributed by atoms with E-state index in [1.54, 1.807) is 10.6 Å². The van der Waals surface area contributed by atoms with E-state index >= 15 is 0 Å². The molecule has 0 bridgehead atoms. The van der Waals surface area contributed by atoms with Gasteiger partial charge in [0.1, 0.15) is 5.15 Å². The minimum absolute atomic E-state index is 0.475. The molecule has 0 spiro atoms. The lowest BCUT2D eigenvalue weighted by Crippen LogP contribution is -2.01. The molecule has 0 fully saturated rings. The highest BCUT2D eigenvalue weighted by atomic mass is 35.5. The summed E-state index contributed by atoms with van der Waals surface area (Å²) in [5, 5.41) is 5.03. The molecule has 5 nitrogen and oxygen atoms in total. The van der Waals surface area contributed by atoms with E-state index in [2.05, 4.69) is 27.2 Å². The normalized spacial score (nSPS) is 11.3. The molecule has 0 saturated heterocycles. The van der Waals surface area contributed by atoms with Gasteiger partial charge in [-0.05, 0) is 50.2 Å². The van der Waals surface area contributed by atoms with E-state index in [0.29, 0.717) is 11.1 Å². The Hall–Kier alpha value is -2.66. The molecule has 0 amide bonds. The van der Waals surface area contributed by atoms with Gasteiger partial charge >= 0.3 is 0 Å². The molecule has 0 aliphatic carbocycles. The number of halogens is 1. The van der Waals surface area contributed by atoms with Crippen molar-refractivity contribution in [3.8, 4) is 17.2 Å². The summed E-state index contributed by atoms with van der Waals surface area (Å²) >= 11 is 5.97. The number of nitrogens with zero attached hydrogens (tertiary/aromatic N) is 5. The van der Waals surface area contributed by atoms with E-state index in [1.165, 1.54) is 0 Å². The molecule has 0 aliphatic rings. The van der Waals surface area contributed by atoms with Gasteiger partial charge < -0.3 is 0 Å². The number of pyridine rings is 2. The second-order valence-corrected chi connectivity index (χ2v) is 5.81. The second-order valence-electron chi connectivity index (χ2n) is 5.43. The molecule has 0 unspecified atom stereocenters. The fraction of sp³-hybridized carbons (Fsp3) is 0.118. The summed E-state index contributed by atoms with van der Waals surface area (Å²) < 4.78 is 3.80. The number of aryl methyl sites for hydroxylation is 2. The van der Waals surface area contributed by atoms with Crippen molar-refractivity contribution in [1.29, 1.82) is 0 Å². The van der Waals surface area contributed by atoms with Crippen molar-refractivity contribution in [2.24, 2.45) is 0 Å². The molecule has 4 rings (SSSR count). The average molecular weight is 324 g/mol. The van der Waals surface area contributed by atoms with E-state index in [4.69, 9.17) is 11.6 Å². The van der Waals surface area contributed by atoms with E-state index in [9.17, 15) is 0 Å². The topological polar surface area (TPSA) is 48.0 Å². The van der Waals surface area contributed by atoms with Crippen LogP contribution in [0.3, 0.4) is 0 Å². The van der Waals surface area contributed by atoms with Gasteiger partial charge in [0.05, 0.1) is 5.69 Å². The Bertz CT molecular complexity index is 995. The predicted octanol–water partition coefficient (Wildman–Crippen LogP) is 3.85. The molecule has 6 heteroatoms. The van der Waals surface area contributed by atoms with Gasteiger partial charge in [0.2, 0.25) is 0 Å². The van der Waals surface area contributed by atoms with Crippen LogP contribution in [0.2, 0.25) is 5.15 Å². The van der Waals surface area contributed by atoms with Crippen LogP contribution < -0.4 is 0 Å². The average Bonchev–Trinajstić information content (AvgIpc) is 3.09. The summed E-state index contributed by atoms with van der Waals surface area (Å²) in [6, 6.07) is 13.6. The van der Waals surface area contributed by atoms with Crippen molar-refractivity contribution in [2.45, 2.75) is 13.8 Å². The minimum Gasteiger partial charge on any atom is -0.286 e. The van der Waals surface area contributed by atoms with Crippen molar-refractivity contribution in [3.63, 3.8) is 0 Å². The lowest BCUT2D eigenvalue weighted by atomic mass is 10.2. The van der Waals surface area contributed by atoms with Crippen LogP contribution in [0.15, 0.2) is 48.7 Å². The van der Waals surface area contributed by atoms with Gasteiger partial charge in [-0.25, -0.2) is 9.50 Å². The van der Waals surface area contributed by atoms with Crippen LogP contribution in [0.1, 0.15) is 11.4 Å². The van der Waals surface area contributed by atoms with Crippen LogP contribution in [0, 0.1) is 13.8 Å². The first-order valence-electron chi connectivity index (χ1n) is 7.26. The quantitative estimate of drug-likeness (QED) is 0.526. The van der Waals surface area contributed by atoms with Gasteiger partial charge in [-0.3, -0.25) is 4.57 Å². The maximum absolute atomic E-state index is 5.97. The molecule has 0 radical (unpaired) electrons. The summed E-state index contributed by atoms with van der Waals surface area (Å²) in [6.45, 7) is 4.08. The van der Waals surface area contributed by atoms with Crippen molar-refractivity contribution in [1.82, 2.24) is 24.1 Å². The smallest absolute Gasteiger partial charge is 0.254 e. The van der Waals surface area contributed by atoms with Gasteiger partial charge in [0, 0.05) is 23.1 Å². The van der Waals surface area contributed by atoms with Crippen LogP contribution in [0.5, 0.6) is 0 Å². The zero-order chi connectivity index (χ0) is 16.0. The monoisotopic (exact) mass is 323 g/mol. The number of rotatable bonds is 2. The van der Waals surface area contributed by atoms with E-state index < -0.39 is 0 Å². The molecule has 0 atom stereocenters. The molecular weight excluding hydrogens is 310 g/mol. The summed E-state index contributed by atoms with van der Waals surface area (Å²) in [6.07, 6.45) is 1.89. The standard InChI is InChI=1S/C17H14ClN5/c1-11-6-7-12(2)23(11)17-20-16-10-13(8-9-22(16)21-17)14-4-3-5-15(18)19-14/h3-10H,1-2H3. The molecule has 0 saturated carbocycles. The first kappa shape index (κ1) is 14.0. The molecule has 0 N–H and O–H groups in total. The molecule has 4 heterocycles. The van der Waals surface area contributed by atoms with Crippen molar-refractivity contribution in [2.75, 3.05) is 0 Å². The van der Waals surface area contributed by atoms with E-state index in [0.717, 1.165) is 28.3 Å². The lowest BCUT2D eigenvalue weighted by molar-refractivity contribution is 0.851. The Labute approximate surface area is 138 Å². The van der Waals surface area contributed by atoms with Crippen LogP contribution in [-0.2, 0) is 0 Å². The van der Waals surface area contributed by atoms with Crippen LogP contribution >= 0.6 is 11.6 Å². The zero-order valence-electron chi connectivity index (χ0n) is 12.7. The summed E-state index contributed by atoms with van der Waals surface area (Å²) in [4.78, 5) is 8.98. The van der Waals surface area contributed by atoms with Gasteiger partial charge in [-0.15, -0.1) is 5.10 Å². The van der Waals surface area contributed by atoms with Gasteiger partial charge in [-0.1, -0.05) is 17.7 Å². The summed E-state index contributed by atoms with van der Waals surface area (Å²) in [5.41, 5.74) is 4.76. The number of hydrogen-bond acceptors (Lipinski definition) is 3. The largest absolute Gasteiger partial charge is 0.286 e. The maximum Gasteiger partial charge on any atom is 0.254 e. The van der Waals surface area contributed by atoms with Crippen LogP contribution in [-0.4, -0.2) is 24.1 Å². The molecular formula is C17H14ClN5. The molecule has 0 aromatic carbocycles. The highest BCUT2D eigenvalue weighted by Crippen LogP contribution is 2.21. The molecule has 4 aromatic heterocycles. The fourth-order valence-electron chi connectivity index (χ4n) is 2.68. The SMILES string of the molecule is Cc1ccc(C)n1-c1nc2cc(-c3cccc(Cl)n3)ccn2n1. The van der Waals surface area contributed by atoms with Crippen molar-refractivity contribution in [3.05, 3.63) is 65.2 Å². The first-order valence-corrected chi connectivity index (χ1v) is 7.64. The van der Waals surface area contributed by atoms with Crippen molar-refractivity contribution < 1.29 is 0 Å². The number of aromatic nitrogens is 5. The van der Waals surface area contributed by atoms with Crippen LogP contribution in [0.4, 0.5) is 0 Å². The zero-order valence-corrected chi connectivity index (χ0v) is 13.5. The Morgan fingerprint density at radius 1 is 0.957 bits per heavy atom. The van der Waals surface area contributed by atoms with Gasteiger partial charge in [0.25, 0.3) is 5.95 Å². The van der Waals surface area contributed by atoms with E-state index in [1.807, 2.05) is 48.9 Å². The fourth-order valence-corrected chi connectivity index (χ4v) is 2.84.